The predicted molar refractivity (Wildman–Crippen MR) is 86.8 cm³/mol. The Bertz CT molecular complexity index is 604. The highest BCUT2D eigenvalue weighted by molar-refractivity contribution is 5.85. The van der Waals surface area contributed by atoms with Crippen molar-refractivity contribution >= 4 is 18.1 Å². The van der Waals surface area contributed by atoms with Gasteiger partial charge in [0.05, 0.1) is 12.1 Å². The Labute approximate surface area is 131 Å². The van der Waals surface area contributed by atoms with Crippen molar-refractivity contribution in [2.45, 2.75) is 39.8 Å². The molecule has 21 heavy (non-hydrogen) atoms. The molecule has 2 N–H and O–H groups in total. The van der Waals surface area contributed by atoms with Gasteiger partial charge in [-0.15, -0.1) is 12.4 Å². The summed E-state index contributed by atoms with van der Waals surface area (Å²) in [5, 5.41) is 3.93. The zero-order valence-electron chi connectivity index (χ0n) is 13.2. The summed E-state index contributed by atoms with van der Waals surface area (Å²) in [5.74, 6) is 1.10. The highest BCUT2D eigenvalue weighted by Gasteiger charge is 2.22. The van der Waals surface area contributed by atoms with Gasteiger partial charge < -0.3 is 15.2 Å². The van der Waals surface area contributed by atoms with E-state index >= 15 is 0 Å². The molecule has 5 nitrogen and oxygen atoms in total. The van der Waals surface area contributed by atoms with E-state index < -0.39 is 5.54 Å². The number of nitrogens with two attached hydrogens (primary N) is 1. The zero-order valence-corrected chi connectivity index (χ0v) is 14.0. The Morgan fingerprint density at radius 3 is 2.48 bits per heavy atom. The van der Waals surface area contributed by atoms with Gasteiger partial charge in [-0.25, -0.2) is 0 Å². The standard InChI is InChI=1S/C15H22N4O.ClH/c1-10-6-7-12(11(2)8-10)19(5)9-13-17-14(18-20-13)15(3,4)16;/h6-8H,9,16H2,1-5H3;1H. The van der Waals surface area contributed by atoms with Gasteiger partial charge in [0.1, 0.15) is 0 Å². The first kappa shape index (κ1) is 17.5. The second-order valence-electron chi connectivity index (χ2n) is 5.88. The van der Waals surface area contributed by atoms with Crippen molar-refractivity contribution in [2.24, 2.45) is 5.73 Å². The predicted octanol–water partition coefficient (Wildman–Crippen LogP) is 2.94. The van der Waals surface area contributed by atoms with Crippen LogP contribution in [0.3, 0.4) is 0 Å². The molecule has 6 heteroatoms. The molecule has 2 rings (SSSR count). The van der Waals surface area contributed by atoms with Crippen molar-refractivity contribution in [3.05, 3.63) is 41.0 Å². The van der Waals surface area contributed by atoms with Crippen LogP contribution < -0.4 is 10.6 Å². The second kappa shape index (κ2) is 6.45. The SMILES string of the molecule is Cc1ccc(N(C)Cc2nc(C(C)(C)N)no2)c(C)c1.Cl. The molecule has 0 unspecified atom stereocenters. The maximum absolute atomic E-state index is 5.95. The molecular formula is C15H23ClN4O. The minimum absolute atomic E-state index is 0. The molecule has 0 aliphatic carbocycles. The van der Waals surface area contributed by atoms with E-state index in [1.54, 1.807) is 0 Å². The smallest absolute Gasteiger partial charge is 0.246 e. The van der Waals surface area contributed by atoms with E-state index in [9.17, 15) is 0 Å². The molecule has 0 aliphatic rings. The number of benzene rings is 1. The normalized spacial score (nSPS) is 11.1. The maximum Gasteiger partial charge on any atom is 0.246 e. The molecule has 0 bridgehead atoms. The minimum Gasteiger partial charge on any atom is -0.365 e. The molecule has 0 fully saturated rings. The van der Waals surface area contributed by atoms with E-state index in [1.165, 1.54) is 11.1 Å². The fraction of sp³-hybridized carbons (Fsp3) is 0.467. The zero-order chi connectivity index (χ0) is 14.9. The average molecular weight is 311 g/mol. The Balaban J connectivity index is 0.00000220. The Hall–Kier alpha value is -1.59. The number of aromatic nitrogens is 2. The fourth-order valence-electron chi connectivity index (χ4n) is 2.10. The number of hydrogen-bond acceptors (Lipinski definition) is 5. The van der Waals surface area contributed by atoms with Crippen LogP contribution in [0, 0.1) is 13.8 Å². The van der Waals surface area contributed by atoms with E-state index in [1.807, 2.05) is 20.9 Å². The molecule has 0 saturated carbocycles. The van der Waals surface area contributed by atoms with Crippen molar-refractivity contribution in [3.8, 4) is 0 Å². The van der Waals surface area contributed by atoms with Gasteiger partial charge >= 0.3 is 0 Å². The lowest BCUT2D eigenvalue weighted by atomic mass is 10.1. The highest BCUT2D eigenvalue weighted by Crippen LogP contribution is 2.22. The molecule has 0 saturated heterocycles. The Morgan fingerprint density at radius 2 is 1.95 bits per heavy atom. The molecule has 1 heterocycles. The fourth-order valence-corrected chi connectivity index (χ4v) is 2.10. The maximum atomic E-state index is 5.95. The molecule has 0 amide bonds. The molecule has 2 aromatic rings. The van der Waals surface area contributed by atoms with Crippen LogP contribution in [0.2, 0.25) is 0 Å². The van der Waals surface area contributed by atoms with Gasteiger partial charge in [-0.1, -0.05) is 22.9 Å². The summed E-state index contributed by atoms with van der Waals surface area (Å²) in [6, 6.07) is 6.37. The van der Waals surface area contributed by atoms with Crippen LogP contribution in [0.25, 0.3) is 0 Å². The summed E-state index contributed by atoms with van der Waals surface area (Å²) in [6.07, 6.45) is 0. The number of aryl methyl sites for hydroxylation is 2. The van der Waals surface area contributed by atoms with Gasteiger partial charge in [0, 0.05) is 12.7 Å². The molecule has 116 valence electrons. The van der Waals surface area contributed by atoms with Crippen molar-refractivity contribution in [3.63, 3.8) is 0 Å². The van der Waals surface area contributed by atoms with Crippen LogP contribution in [0.1, 0.15) is 36.7 Å². The van der Waals surface area contributed by atoms with Crippen LogP contribution in [0.15, 0.2) is 22.7 Å². The third kappa shape index (κ3) is 4.19. The Morgan fingerprint density at radius 1 is 1.29 bits per heavy atom. The van der Waals surface area contributed by atoms with Crippen molar-refractivity contribution < 1.29 is 4.52 Å². The van der Waals surface area contributed by atoms with Crippen LogP contribution in [-0.4, -0.2) is 17.2 Å². The molecule has 0 radical (unpaired) electrons. The highest BCUT2D eigenvalue weighted by atomic mass is 35.5. The number of nitrogens with zero attached hydrogens (tertiary/aromatic N) is 3. The average Bonchev–Trinajstić information content (AvgIpc) is 2.76. The molecule has 1 aromatic carbocycles. The summed E-state index contributed by atoms with van der Waals surface area (Å²) in [5.41, 5.74) is 9.01. The molecule has 0 spiro atoms. The van der Waals surface area contributed by atoms with Crippen LogP contribution in [0.5, 0.6) is 0 Å². The first-order valence-corrected chi connectivity index (χ1v) is 6.67. The number of rotatable bonds is 4. The van der Waals surface area contributed by atoms with Crippen molar-refractivity contribution in [2.75, 3.05) is 11.9 Å². The molecule has 0 atom stereocenters. The van der Waals surface area contributed by atoms with E-state index in [2.05, 4.69) is 47.1 Å². The second-order valence-corrected chi connectivity index (χ2v) is 5.88. The quantitative estimate of drug-likeness (QED) is 0.940. The molecule has 0 aliphatic heterocycles. The lowest BCUT2D eigenvalue weighted by Gasteiger charge is -2.19. The van der Waals surface area contributed by atoms with E-state index in [0.29, 0.717) is 18.3 Å². The van der Waals surface area contributed by atoms with Crippen LogP contribution >= 0.6 is 12.4 Å². The monoisotopic (exact) mass is 310 g/mol. The van der Waals surface area contributed by atoms with Gasteiger partial charge in [-0.3, -0.25) is 0 Å². The third-order valence-electron chi connectivity index (χ3n) is 3.18. The first-order valence-electron chi connectivity index (χ1n) is 6.67. The number of hydrogen-bond donors (Lipinski definition) is 1. The largest absolute Gasteiger partial charge is 0.365 e. The van der Waals surface area contributed by atoms with E-state index in [-0.39, 0.29) is 12.4 Å². The van der Waals surface area contributed by atoms with Crippen molar-refractivity contribution in [1.29, 1.82) is 0 Å². The first-order chi connectivity index (χ1) is 9.27. The minimum atomic E-state index is -0.583. The van der Waals surface area contributed by atoms with E-state index in [0.717, 1.165) is 5.69 Å². The lowest BCUT2D eigenvalue weighted by Crippen LogP contribution is -2.30. The lowest BCUT2D eigenvalue weighted by molar-refractivity contribution is 0.360. The molecule has 1 aromatic heterocycles. The Kier molecular flexibility index (Phi) is 5.36. The number of anilines is 1. The number of halogens is 1. The summed E-state index contributed by atoms with van der Waals surface area (Å²) in [7, 11) is 2.01. The summed E-state index contributed by atoms with van der Waals surface area (Å²) in [6.45, 7) is 8.46. The van der Waals surface area contributed by atoms with Gasteiger partial charge in [0.15, 0.2) is 5.82 Å². The van der Waals surface area contributed by atoms with Gasteiger partial charge in [-0.05, 0) is 39.3 Å². The van der Waals surface area contributed by atoms with Gasteiger partial charge in [0.2, 0.25) is 5.89 Å². The molecular weight excluding hydrogens is 288 g/mol. The topological polar surface area (TPSA) is 68.2 Å². The van der Waals surface area contributed by atoms with Gasteiger partial charge in [-0.2, -0.15) is 4.98 Å². The van der Waals surface area contributed by atoms with Gasteiger partial charge in [0.25, 0.3) is 0 Å². The summed E-state index contributed by atoms with van der Waals surface area (Å²) >= 11 is 0. The van der Waals surface area contributed by atoms with E-state index in [4.69, 9.17) is 10.3 Å². The van der Waals surface area contributed by atoms with Crippen LogP contribution in [0.4, 0.5) is 5.69 Å². The summed E-state index contributed by atoms with van der Waals surface area (Å²) in [4.78, 5) is 6.44. The van der Waals surface area contributed by atoms with Crippen LogP contribution in [-0.2, 0) is 12.1 Å². The van der Waals surface area contributed by atoms with Crippen molar-refractivity contribution in [1.82, 2.24) is 10.1 Å². The summed E-state index contributed by atoms with van der Waals surface area (Å²) < 4.78 is 5.26. The third-order valence-corrected chi connectivity index (χ3v) is 3.18.